The van der Waals surface area contributed by atoms with Crippen LogP contribution >= 0.6 is 0 Å². The molecule has 1 aromatic rings. The van der Waals surface area contributed by atoms with Crippen molar-refractivity contribution in [2.75, 3.05) is 19.8 Å². The molecule has 2 nitrogen and oxygen atoms in total. The molecule has 2 unspecified atom stereocenters. The molecule has 0 amide bonds. The van der Waals surface area contributed by atoms with Crippen LogP contribution in [0.25, 0.3) is 0 Å². The summed E-state index contributed by atoms with van der Waals surface area (Å²) >= 11 is 0. The number of ether oxygens (including phenoxy) is 1. The summed E-state index contributed by atoms with van der Waals surface area (Å²) in [6.07, 6.45) is 5.90. The van der Waals surface area contributed by atoms with Crippen LogP contribution in [0.1, 0.15) is 50.6 Å². The van der Waals surface area contributed by atoms with Gasteiger partial charge in [0.25, 0.3) is 0 Å². The second-order valence-corrected chi connectivity index (χ2v) is 5.74. The Morgan fingerprint density at radius 1 is 1.35 bits per heavy atom. The SMILES string of the molecule is CCCCC(NCC1CCCOC1)c1ccc(F)cc1. The largest absolute Gasteiger partial charge is 0.381 e. The molecule has 0 bridgehead atoms. The first-order chi connectivity index (χ1) is 9.79. The second-order valence-electron chi connectivity index (χ2n) is 5.74. The minimum atomic E-state index is -0.163. The van der Waals surface area contributed by atoms with Gasteiger partial charge in [-0.05, 0) is 42.9 Å². The predicted molar refractivity (Wildman–Crippen MR) is 80.2 cm³/mol. The Kier molecular flexibility index (Phi) is 6.48. The van der Waals surface area contributed by atoms with Gasteiger partial charge < -0.3 is 10.1 Å². The van der Waals surface area contributed by atoms with Crippen LogP contribution in [0.3, 0.4) is 0 Å². The lowest BCUT2D eigenvalue weighted by Gasteiger charge is -2.26. The number of rotatable bonds is 7. The third-order valence-electron chi connectivity index (χ3n) is 4.03. The number of halogens is 1. The molecule has 1 saturated heterocycles. The molecular weight excluding hydrogens is 253 g/mol. The van der Waals surface area contributed by atoms with E-state index in [1.807, 2.05) is 12.1 Å². The quantitative estimate of drug-likeness (QED) is 0.812. The van der Waals surface area contributed by atoms with Crippen molar-refractivity contribution in [2.24, 2.45) is 5.92 Å². The maximum absolute atomic E-state index is 13.0. The summed E-state index contributed by atoms with van der Waals surface area (Å²) in [5.41, 5.74) is 1.19. The number of hydrogen-bond donors (Lipinski definition) is 1. The molecule has 0 aromatic heterocycles. The summed E-state index contributed by atoms with van der Waals surface area (Å²) in [5, 5.41) is 3.66. The van der Waals surface area contributed by atoms with E-state index >= 15 is 0 Å². The van der Waals surface area contributed by atoms with Gasteiger partial charge in [-0.3, -0.25) is 0 Å². The summed E-state index contributed by atoms with van der Waals surface area (Å²) in [6, 6.07) is 7.25. The molecule has 20 heavy (non-hydrogen) atoms. The van der Waals surface area contributed by atoms with Crippen LogP contribution in [0.5, 0.6) is 0 Å². The van der Waals surface area contributed by atoms with Crippen molar-refractivity contribution in [3.05, 3.63) is 35.6 Å². The molecule has 0 saturated carbocycles. The van der Waals surface area contributed by atoms with Crippen LogP contribution in [-0.2, 0) is 4.74 Å². The van der Waals surface area contributed by atoms with Gasteiger partial charge in [0.1, 0.15) is 5.82 Å². The zero-order valence-corrected chi connectivity index (χ0v) is 12.4. The lowest BCUT2D eigenvalue weighted by atomic mass is 9.98. The van der Waals surface area contributed by atoms with Crippen molar-refractivity contribution >= 4 is 0 Å². The highest BCUT2D eigenvalue weighted by Crippen LogP contribution is 2.21. The lowest BCUT2D eigenvalue weighted by molar-refractivity contribution is 0.0536. The number of nitrogens with one attached hydrogen (secondary N) is 1. The highest BCUT2D eigenvalue weighted by molar-refractivity contribution is 5.19. The van der Waals surface area contributed by atoms with Crippen LogP contribution in [0, 0.1) is 11.7 Å². The molecule has 1 fully saturated rings. The van der Waals surface area contributed by atoms with E-state index in [2.05, 4.69) is 12.2 Å². The Bertz CT molecular complexity index is 373. The fourth-order valence-electron chi connectivity index (χ4n) is 2.77. The Hall–Kier alpha value is -0.930. The van der Waals surface area contributed by atoms with Crippen LogP contribution in [0.15, 0.2) is 24.3 Å². The first-order valence-electron chi connectivity index (χ1n) is 7.86. The Morgan fingerprint density at radius 2 is 2.15 bits per heavy atom. The van der Waals surface area contributed by atoms with Gasteiger partial charge in [0.15, 0.2) is 0 Å². The zero-order chi connectivity index (χ0) is 14.2. The van der Waals surface area contributed by atoms with E-state index in [1.165, 1.54) is 31.2 Å². The van der Waals surface area contributed by atoms with Crippen molar-refractivity contribution in [1.82, 2.24) is 5.32 Å². The van der Waals surface area contributed by atoms with Gasteiger partial charge in [-0.2, -0.15) is 0 Å². The summed E-state index contributed by atoms with van der Waals surface area (Å²) in [6.45, 7) is 4.98. The number of hydrogen-bond acceptors (Lipinski definition) is 2. The van der Waals surface area contributed by atoms with Gasteiger partial charge in [0.05, 0.1) is 6.61 Å². The highest BCUT2D eigenvalue weighted by atomic mass is 19.1. The zero-order valence-electron chi connectivity index (χ0n) is 12.4. The van der Waals surface area contributed by atoms with Gasteiger partial charge >= 0.3 is 0 Å². The van der Waals surface area contributed by atoms with E-state index in [9.17, 15) is 4.39 Å². The average Bonchev–Trinajstić information content (AvgIpc) is 2.50. The molecule has 0 aliphatic carbocycles. The summed E-state index contributed by atoms with van der Waals surface area (Å²) in [5.74, 6) is 0.456. The first-order valence-corrected chi connectivity index (χ1v) is 7.86. The monoisotopic (exact) mass is 279 g/mol. The Morgan fingerprint density at radius 3 is 2.80 bits per heavy atom. The smallest absolute Gasteiger partial charge is 0.123 e. The summed E-state index contributed by atoms with van der Waals surface area (Å²) in [4.78, 5) is 0. The number of unbranched alkanes of at least 4 members (excludes halogenated alkanes) is 1. The average molecular weight is 279 g/mol. The molecule has 0 radical (unpaired) electrons. The first kappa shape index (κ1) is 15.5. The van der Waals surface area contributed by atoms with Crippen molar-refractivity contribution in [3.63, 3.8) is 0 Å². The van der Waals surface area contributed by atoms with E-state index < -0.39 is 0 Å². The van der Waals surface area contributed by atoms with Gasteiger partial charge in [-0.25, -0.2) is 4.39 Å². The van der Waals surface area contributed by atoms with Gasteiger partial charge in [0, 0.05) is 19.2 Å². The van der Waals surface area contributed by atoms with E-state index in [0.29, 0.717) is 12.0 Å². The van der Waals surface area contributed by atoms with Crippen LogP contribution in [0.2, 0.25) is 0 Å². The molecule has 0 spiro atoms. The molecule has 112 valence electrons. The molecule has 2 rings (SSSR count). The van der Waals surface area contributed by atoms with Crippen molar-refractivity contribution < 1.29 is 9.13 Å². The van der Waals surface area contributed by atoms with Gasteiger partial charge in [-0.1, -0.05) is 31.9 Å². The number of benzene rings is 1. The standard InChI is InChI=1S/C17H26FNO/c1-2-3-6-17(15-7-9-16(18)10-8-15)19-12-14-5-4-11-20-13-14/h7-10,14,17,19H,2-6,11-13H2,1H3. The van der Waals surface area contributed by atoms with Crippen molar-refractivity contribution in [2.45, 2.75) is 45.1 Å². The summed E-state index contributed by atoms with van der Waals surface area (Å²) < 4.78 is 18.6. The molecule has 2 atom stereocenters. The highest BCUT2D eigenvalue weighted by Gasteiger charge is 2.17. The third kappa shape index (κ3) is 4.88. The van der Waals surface area contributed by atoms with E-state index in [-0.39, 0.29) is 5.82 Å². The molecule has 1 aromatic carbocycles. The predicted octanol–water partition coefficient (Wildman–Crippen LogP) is 4.07. The Balaban J connectivity index is 1.90. The normalized spacial score (nSPS) is 20.8. The molecule has 1 heterocycles. The van der Waals surface area contributed by atoms with E-state index in [0.717, 1.165) is 26.2 Å². The van der Waals surface area contributed by atoms with Gasteiger partial charge in [-0.15, -0.1) is 0 Å². The maximum atomic E-state index is 13.0. The fourth-order valence-corrected chi connectivity index (χ4v) is 2.77. The minimum absolute atomic E-state index is 0.163. The molecule has 1 aliphatic rings. The maximum Gasteiger partial charge on any atom is 0.123 e. The molecule has 1 N–H and O–H groups in total. The van der Waals surface area contributed by atoms with Crippen LogP contribution < -0.4 is 5.32 Å². The van der Waals surface area contributed by atoms with Crippen LogP contribution in [-0.4, -0.2) is 19.8 Å². The van der Waals surface area contributed by atoms with E-state index in [1.54, 1.807) is 12.1 Å². The lowest BCUT2D eigenvalue weighted by Crippen LogP contribution is -2.32. The van der Waals surface area contributed by atoms with Crippen molar-refractivity contribution in [1.29, 1.82) is 0 Å². The molecular formula is C17H26FNO. The minimum Gasteiger partial charge on any atom is -0.381 e. The van der Waals surface area contributed by atoms with Crippen molar-refractivity contribution in [3.8, 4) is 0 Å². The van der Waals surface area contributed by atoms with Gasteiger partial charge in [0.2, 0.25) is 0 Å². The fraction of sp³-hybridized carbons (Fsp3) is 0.647. The summed E-state index contributed by atoms with van der Waals surface area (Å²) in [7, 11) is 0. The third-order valence-corrected chi connectivity index (χ3v) is 4.03. The molecule has 1 aliphatic heterocycles. The molecule has 3 heteroatoms. The second kappa shape index (κ2) is 8.38. The Labute approximate surface area is 121 Å². The van der Waals surface area contributed by atoms with Crippen LogP contribution in [0.4, 0.5) is 4.39 Å². The van der Waals surface area contributed by atoms with E-state index in [4.69, 9.17) is 4.74 Å². The topological polar surface area (TPSA) is 21.3 Å².